The smallest absolute Gasteiger partial charge is 0.217 e. The van der Waals surface area contributed by atoms with Gasteiger partial charge in [-0.25, -0.2) is 0 Å². The molecule has 1 aliphatic carbocycles. The van der Waals surface area contributed by atoms with E-state index in [1.54, 1.807) is 0 Å². The second-order valence-corrected chi connectivity index (χ2v) is 3.96. The first-order valence-corrected chi connectivity index (χ1v) is 4.98. The summed E-state index contributed by atoms with van der Waals surface area (Å²) >= 11 is 0. The molecular formula is C9H19ClN2O4. The number of rotatable bonds is 3. The van der Waals surface area contributed by atoms with Gasteiger partial charge in [-0.3, -0.25) is 4.79 Å². The Morgan fingerprint density at radius 3 is 2.38 bits per heavy atom. The van der Waals surface area contributed by atoms with E-state index in [1.807, 2.05) is 0 Å². The van der Waals surface area contributed by atoms with Crippen LogP contribution >= 0.6 is 12.4 Å². The predicted molar refractivity (Wildman–Crippen MR) is 60.0 cm³/mol. The Morgan fingerprint density at radius 2 is 1.94 bits per heavy atom. The summed E-state index contributed by atoms with van der Waals surface area (Å²) in [6.45, 7) is 1.22. The van der Waals surface area contributed by atoms with Gasteiger partial charge in [-0.1, -0.05) is 0 Å². The molecule has 1 fully saturated rings. The van der Waals surface area contributed by atoms with Gasteiger partial charge in [0, 0.05) is 25.5 Å². The number of aliphatic hydroxyl groups is 3. The summed E-state index contributed by atoms with van der Waals surface area (Å²) in [6, 6.07) is -1.18. The normalized spacial score (nSPS) is 37.9. The number of halogens is 1. The zero-order valence-corrected chi connectivity index (χ0v) is 9.85. The first-order valence-electron chi connectivity index (χ1n) is 4.98. The fourth-order valence-corrected chi connectivity index (χ4v) is 2.12. The summed E-state index contributed by atoms with van der Waals surface area (Å²) in [4.78, 5) is 10.9. The standard InChI is InChI=1S/C9H18N2O4.ClH/c1-4(13)11-7-6(10)5(2-3-12)8(14)9(7)15;/h5-9,12,14-15H,2-3,10H2,1H3,(H,11,13);1H/t5-,6-,7+,8-,9-;/m1./s1. The van der Waals surface area contributed by atoms with Crippen LogP contribution in [0.3, 0.4) is 0 Å². The Bertz CT molecular complexity index is 242. The Morgan fingerprint density at radius 1 is 1.38 bits per heavy atom. The lowest BCUT2D eigenvalue weighted by Gasteiger charge is -2.21. The Labute approximate surface area is 100 Å². The average Bonchev–Trinajstić information content (AvgIpc) is 2.35. The molecule has 0 aromatic rings. The molecule has 0 saturated heterocycles. The third-order valence-corrected chi connectivity index (χ3v) is 2.90. The summed E-state index contributed by atoms with van der Waals surface area (Å²) in [5.41, 5.74) is 5.79. The minimum Gasteiger partial charge on any atom is -0.396 e. The van der Waals surface area contributed by atoms with Crippen molar-refractivity contribution in [3.05, 3.63) is 0 Å². The van der Waals surface area contributed by atoms with Crippen LogP contribution in [0.1, 0.15) is 13.3 Å². The van der Waals surface area contributed by atoms with Crippen molar-refractivity contribution in [2.45, 2.75) is 37.6 Å². The number of hydrogen-bond donors (Lipinski definition) is 5. The second kappa shape index (κ2) is 6.36. The SMILES string of the molecule is CC(=O)N[C@H]1[C@H](N)[C@@H](CCO)[C@@H](O)[C@@H]1O.Cl. The van der Waals surface area contributed by atoms with Crippen molar-refractivity contribution in [3.8, 4) is 0 Å². The minimum atomic E-state index is -1.07. The van der Waals surface area contributed by atoms with Crippen LogP contribution in [-0.2, 0) is 4.79 Å². The number of carbonyl (C=O) groups is 1. The van der Waals surface area contributed by atoms with Gasteiger partial charge >= 0.3 is 0 Å². The van der Waals surface area contributed by atoms with Crippen LogP contribution in [0.25, 0.3) is 0 Å². The van der Waals surface area contributed by atoms with Crippen molar-refractivity contribution in [1.82, 2.24) is 5.32 Å². The van der Waals surface area contributed by atoms with Crippen LogP contribution in [0.4, 0.5) is 0 Å². The summed E-state index contributed by atoms with van der Waals surface area (Å²) < 4.78 is 0. The molecule has 1 rings (SSSR count). The molecule has 0 aromatic carbocycles. The monoisotopic (exact) mass is 254 g/mol. The molecule has 6 N–H and O–H groups in total. The highest BCUT2D eigenvalue weighted by molar-refractivity contribution is 5.85. The van der Waals surface area contributed by atoms with E-state index in [0.29, 0.717) is 6.42 Å². The van der Waals surface area contributed by atoms with Gasteiger partial charge in [-0.05, 0) is 6.42 Å². The van der Waals surface area contributed by atoms with E-state index in [0.717, 1.165) is 0 Å². The zero-order valence-electron chi connectivity index (χ0n) is 9.04. The third kappa shape index (κ3) is 3.05. The quantitative estimate of drug-likeness (QED) is 0.399. The zero-order chi connectivity index (χ0) is 11.6. The van der Waals surface area contributed by atoms with Gasteiger partial charge in [0.05, 0.1) is 12.1 Å². The highest BCUT2D eigenvalue weighted by atomic mass is 35.5. The molecule has 0 spiro atoms. The molecule has 0 heterocycles. The highest BCUT2D eigenvalue weighted by Gasteiger charge is 2.47. The molecule has 0 unspecified atom stereocenters. The molecule has 0 aliphatic heterocycles. The van der Waals surface area contributed by atoms with Crippen LogP contribution in [0, 0.1) is 5.92 Å². The van der Waals surface area contributed by atoms with Crippen LogP contribution in [0.2, 0.25) is 0 Å². The molecule has 0 bridgehead atoms. The maximum absolute atomic E-state index is 10.9. The predicted octanol–water partition coefficient (Wildman–Crippen LogP) is -2.03. The van der Waals surface area contributed by atoms with Crippen LogP contribution < -0.4 is 11.1 Å². The van der Waals surface area contributed by atoms with E-state index in [4.69, 9.17) is 10.8 Å². The van der Waals surface area contributed by atoms with Gasteiger partial charge in [-0.2, -0.15) is 0 Å². The Balaban J connectivity index is 0.00000225. The molecule has 1 saturated carbocycles. The first kappa shape index (κ1) is 15.6. The van der Waals surface area contributed by atoms with Gasteiger partial charge in [0.1, 0.15) is 6.10 Å². The fraction of sp³-hybridized carbons (Fsp3) is 0.889. The van der Waals surface area contributed by atoms with Crippen molar-refractivity contribution in [3.63, 3.8) is 0 Å². The number of nitrogens with two attached hydrogens (primary N) is 1. The molecule has 5 atom stereocenters. The molecule has 7 heteroatoms. The van der Waals surface area contributed by atoms with Gasteiger partial charge < -0.3 is 26.4 Å². The summed E-state index contributed by atoms with van der Waals surface area (Å²) in [7, 11) is 0. The maximum Gasteiger partial charge on any atom is 0.217 e. The topological polar surface area (TPSA) is 116 Å². The van der Waals surface area contributed by atoms with E-state index in [9.17, 15) is 15.0 Å². The van der Waals surface area contributed by atoms with Gasteiger partial charge in [0.25, 0.3) is 0 Å². The number of amides is 1. The van der Waals surface area contributed by atoms with Gasteiger partial charge in [0.2, 0.25) is 5.91 Å². The van der Waals surface area contributed by atoms with Crippen molar-refractivity contribution in [1.29, 1.82) is 0 Å². The van der Waals surface area contributed by atoms with Crippen molar-refractivity contribution in [2.24, 2.45) is 11.7 Å². The summed E-state index contributed by atoms with van der Waals surface area (Å²) in [5, 5.41) is 30.6. The van der Waals surface area contributed by atoms with Crippen LogP contribution in [0.5, 0.6) is 0 Å². The molecule has 6 nitrogen and oxygen atoms in total. The number of nitrogens with one attached hydrogen (secondary N) is 1. The van der Waals surface area contributed by atoms with Gasteiger partial charge in [0.15, 0.2) is 0 Å². The van der Waals surface area contributed by atoms with E-state index in [-0.39, 0.29) is 30.8 Å². The first-order chi connectivity index (χ1) is 6.99. The lowest BCUT2D eigenvalue weighted by atomic mass is 9.98. The van der Waals surface area contributed by atoms with Crippen molar-refractivity contribution < 1.29 is 20.1 Å². The summed E-state index contributed by atoms with van der Waals surface area (Å²) in [6.07, 6.45) is -1.75. The van der Waals surface area contributed by atoms with Crippen LogP contribution in [0.15, 0.2) is 0 Å². The fourth-order valence-electron chi connectivity index (χ4n) is 2.12. The third-order valence-electron chi connectivity index (χ3n) is 2.90. The Kier molecular flexibility index (Phi) is 6.20. The molecule has 0 aromatic heterocycles. The molecule has 96 valence electrons. The lowest BCUT2D eigenvalue weighted by molar-refractivity contribution is -0.120. The number of carbonyl (C=O) groups excluding carboxylic acids is 1. The second-order valence-electron chi connectivity index (χ2n) is 3.96. The van der Waals surface area contributed by atoms with Gasteiger partial charge in [-0.15, -0.1) is 12.4 Å². The van der Waals surface area contributed by atoms with E-state index in [1.165, 1.54) is 6.92 Å². The van der Waals surface area contributed by atoms with E-state index in [2.05, 4.69) is 5.32 Å². The molecule has 16 heavy (non-hydrogen) atoms. The highest BCUT2D eigenvalue weighted by Crippen LogP contribution is 2.28. The number of hydrogen-bond acceptors (Lipinski definition) is 5. The number of aliphatic hydroxyl groups excluding tert-OH is 3. The van der Waals surface area contributed by atoms with E-state index >= 15 is 0 Å². The van der Waals surface area contributed by atoms with Crippen LogP contribution in [-0.4, -0.2) is 52.1 Å². The molecular weight excluding hydrogens is 236 g/mol. The largest absolute Gasteiger partial charge is 0.396 e. The molecule has 1 aliphatic rings. The average molecular weight is 255 g/mol. The minimum absolute atomic E-state index is 0. The lowest BCUT2D eigenvalue weighted by Crippen LogP contribution is -2.50. The molecule has 1 amide bonds. The van der Waals surface area contributed by atoms with Crippen molar-refractivity contribution in [2.75, 3.05) is 6.61 Å². The molecule has 0 radical (unpaired) electrons. The Hall–Kier alpha value is -0.400. The maximum atomic E-state index is 10.9. The summed E-state index contributed by atoms with van der Waals surface area (Å²) in [5.74, 6) is -0.687. The van der Waals surface area contributed by atoms with E-state index < -0.39 is 24.3 Å². The van der Waals surface area contributed by atoms with Crippen molar-refractivity contribution >= 4 is 18.3 Å².